The minimum atomic E-state index is -0.434. The van der Waals surface area contributed by atoms with Crippen LogP contribution in [0.4, 0.5) is 10.1 Å². The van der Waals surface area contributed by atoms with Crippen LogP contribution in [0, 0.1) is 12.7 Å². The maximum Gasteiger partial charge on any atom is 0.243 e. The van der Waals surface area contributed by atoms with Crippen molar-refractivity contribution in [3.8, 4) is 0 Å². The number of halogens is 2. The summed E-state index contributed by atoms with van der Waals surface area (Å²) in [7, 11) is 0. The smallest absolute Gasteiger partial charge is 0.243 e. The van der Waals surface area contributed by atoms with Crippen LogP contribution in [0.2, 0.25) is 0 Å². The number of hydrogen-bond acceptors (Lipinski definition) is 2. The van der Waals surface area contributed by atoms with Gasteiger partial charge in [0.15, 0.2) is 0 Å². The number of rotatable bonds is 5. The average Bonchev–Trinajstić information content (AvgIpc) is 2.51. The quantitative estimate of drug-likeness (QED) is 0.839. The molecule has 4 nitrogen and oxygen atoms in total. The van der Waals surface area contributed by atoms with Gasteiger partial charge in [-0.2, -0.15) is 0 Å². The Kier molecular flexibility index (Phi) is 5.87. The maximum absolute atomic E-state index is 13.4. The SMILES string of the molecule is Cc1ccc(NC(=O)CNC(=O)Cc2ccccc2F)cc1Br. The van der Waals surface area contributed by atoms with E-state index in [1.807, 2.05) is 13.0 Å². The van der Waals surface area contributed by atoms with Crippen LogP contribution >= 0.6 is 15.9 Å². The van der Waals surface area contributed by atoms with Crippen molar-refractivity contribution in [3.05, 3.63) is 63.9 Å². The highest BCUT2D eigenvalue weighted by Crippen LogP contribution is 2.20. The monoisotopic (exact) mass is 378 g/mol. The molecular weight excluding hydrogens is 363 g/mol. The van der Waals surface area contributed by atoms with Crippen LogP contribution in [-0.4, -0.2) is 18.4 Å². The van der Waals surface area contributed by atoms with Gasteiger partial charge in [0.2, 0.25) is 11.8 Å². The second kappa shape index (κ2) is 7.87. The van der Waals surface area contributed by atoms with Gasteiger partial charge in [0, 0.05) is 10.2 Å². The van der Waals surface area contributed by atoms with Gasteiger partial charge >= 0.3 is 0 Å². The summed E-state index contributed by atoms with van der Waals surface area (Å²) in [5.74, 6) is -1.19. The molecule has 2 aromatic rings. The van der Waals surface area contributed by atoms with E-state index in [2.05, 4.69) is 26.6 Å². The third kappa shape index (κ3) is 5.17. The van der Waals surface area contributed by atoms with E-state index >= 15 is 0 Å². The van der Waals surface area contributed by atoms with E-state index in [-0.39, 0.29) is 18.9 Å². The fraction of sp³-hybridized carbons (Fsp3) is 0.176. The van der Waals surface area contributed by atoms with E-state index in [1.165, 1.54) is 6.07 Å². The summed E-state index contributed by atoms with van der Waals surface area (Å²) in [5.41, 5.74) is 1.99. The Labute approximate surface area is 142 Å². The molecule has 0 aliphatic rings. The maximum atomic E-state index is 13.4. The van der Waals surface area contributed by atoms with Crippen LogP contribution < -0.4 is 10.6 Å². The van der Waals surface area contributed by atoms with Crippen molar-refractivity contribution in [3.63, 3.8) is 0 Å². The zero-order valence-corrected chi connectivity index (χ0v) is 14.1. The van der Waals surface area contributed by atoms with Crippen LogP contribution in [0.1, 0.15) is 11.1 Å². The summed E-state index contributed by atoms with van der Waals surface area (Å²) in [5, 5.41) is 5.16. The molecule has 2 aromatic carbocycles. The van der Waals surface area contributed by atoms with E-state index < -0.39 is 11.7 Å². The molecule has 0 saturated heterocycles. The molecule has 2 rings (SSSR count). The van der Waals surface area contributed by atoms with Gasteiger partial charge in [-0.3, -0.25) is 9.59 Å². The third-order valence-electron chi connectivity index (χ3n) is 3.21. The first-order valence-corrected chi connectivity index (χ1v) is 7.81. The van der Waals surface area contributed by atoms with Crippen molar-refractivity contribution < 1.29 is 14.0 Å². The first-order valence-electron chi connectivity index (χ1n) is 7.02. The molecule has 0 aliphatic heterocycles. The lowest BCUT2D eigenvalue weighted by Crippen LogP contribution is -2.33. The zero-order valence-electron chi connectivity index (χ0n) is 12.5. The Hall–Kier alpha value is -2.21. The number of nitrogens with one attached hydrogen (secondary N) is 2. The van der Waals surface area contributed by atoms with Crippen molar-refractivity contribution in [1.82, 2.24) is 5.32 Å². The molecule has 0 unspecified atom stereocenters. The standard InChI is InChI=1S/C17H16BrFN2O2/c1-11-6-7-13(9-14(11)18)21-17(23)10-20-16(22)8-12-4-2-3-5-15(12)19/h2-7,9H,8,10H2,1H3,(H,20,22)(H,21,23). The number of hydrogen-bond donors (Lipinski definition) is 2. The molecule has 0 fully saturated rings. The highest BCUT2D eigenvalue weighted by molar-refractivity contribution is 9.10. The molecule has 0 radical (unpaired) electrons. The molecule has 0 heterocycles. The number of carbonyl (C=O) groups is 2. The van der Waals surface area contributed by atoms with Gasteiger partial charge in [0.25, 0.3) is 0 Å². The van der Waals surface area contributed by atoms with E-state index in [0.29, 0.717) is 11.3 Å². The van der Waals surface area contributed by atoms with E-state index in [9.17, 15) is 14.0 Å². The lowest BCUT2D eigenvalue weighted by atomic mass is 10.1. The molecule has 0 atom stereocenters. The minimum absolute atomic E-state index is 0.101. The van der Waals surface area contributed by atoms with Gasteiger partial charge in [0.1, 0.15) is 5.82 Å². The van der Waals surface area contributed by atoms with Gasteiger partial charge in [-0.25, -0.2) is 4.39 Å². The van der Waals surface area contributed by atoms with E-state index in [4.69, 9.17) is 0 Å². The summed E-state index contributed by atoms with van der Waals surface area (Å²) < 4.78 is 14.3. The topological polar surface area (TPSA) is 58.2 Å². The van der Waals surface area contributed by atoms with Crippen molar-refractivity contribution in [2.45, 2.75) is 13.3 Å². The minimum Gasteiger partial charge on any atom is -0.347 e. The fourth-order valence-electron chi connectivity index (χ4n) is 1.93. The first kappa shape index (κ1) is 17.1. The molecule has 6 heteroatoms. The highest BCUT2D eigenvalue weighted by atomic mass is 79.9. The lowest BCUT2D eigenvalue weighted by Gasteiger charge is -2.08. The predicted molar refractivity (Wildman–Crippen MR) is 90.6 cm³/mol. The van der Waals surface area contributed by atoms with Crippen LogP contribution in [0.25, 0.3) is 0 Å². The Morgan fingerprint density at radius 2 is 1.87 bits per heavy atom. The number of aryl methyl sites for hydroxylation is 1. The van der Waals surface area contributed by atoms with Crippen LogP contribution in [-0.2, 0) is 16.0 Å². The van der Waals surface area contributed by atoms with Gasteiger partial charge in [0.05, 0.1) is 13.0 Å². The zero-order chi connectivity index (χ0) is 16.8. The summed E-state index contributed by atoms with van der Waals surface area (Å²) in [4.78, 5) is 23.6. The molecule has 0 aromatic heterocycles. The molecule has 0 spiro atoms. The van der Waals surface area contributed by atoms with Crippen molar-refractivity contribution >= 4 is 33.4 Å². The Balaban J connectivity index is 1.83. The Morgan fingerprint density at radius 1 is 1.13 bits per heavy atom. The van der Waals surface area contributed by atoms with Crippen LogP contribution in [0.5, 0.6) is 0 Å². The van der Waals surface area contributed by atoms with E-state index in [0.717, 1.165) is 10.0 Å². The first-order chi connectivity index (χ1) is 11.0. The number of benzene rings is 2. The average molecular weight is 379 g/mol. The van der Waals surface area contributed by atoms with Gasteiger partial charge in [-0.15, -0.1) is 0 Å². The van der Waals surface area contributed by atoms with Gasteiger partial charge in [-0.1, -0.05) is 40.2 Å². The molecule has 0 bridgehead atoms. The third-order valence-corrected chi connectivity index (χ3v) is 4.06. The van der Waals surface area contributed by atoms with Crippen LogP contribution in [0.15, 0.2) is 46.9 Å². The van der Waals surface area contributed by atoms with Crippen LogP contribution in [0.3, 0.4) is 0 Å². The summed E-state index contributed by atoms with van der Waals surface area (Å²) >= 11 is 3.39. The van der Waals surface area contributed by atoms with Crippen molar-refractivity contribution in [2.24, 2.45) is 0 Å². The number of amides is 2. The van der Waals surface area contributed by atoms with Crippen molar-refractivity contribution in [2.75, 3.05) is 11.9 Å². The lowest BCUT2D eigenvalue weighted by molar-refractivity contribution is -0.123. The van der Waals surface area contributed by atoms with Gasteiger partial charge in [-0.05, 0) is 36.2 Å². The Bertz CT molecular complexity index is 734. The second-order valence-electron chi connectivity index (χ2n) is 5.06. The molecule has 23 heavy (non-hydrogen) atoms. The molecule has 0 saturated carbocycles. The van der Waals surface area contributed by atoms with Crippen molar-refractivity contribution in [1.29, 1.82) is 0 Å². The second-order valence-corrected chi connectivity index (χ2v) is 5.91. The number of anilines is 1. The predicted octanol–water partition coefficient (Wildman–Crippen LogP) is 3.19. The highest BCUT2D eigenvalue weighted by Gasteiger charge is 2.09. The number of carbonyl (C=O) groups excluding carboxylic acids is 2. The molecular formula is C17H16BrFN2O2. The molecule has 0 aliphatic carbocycles. The fourth-order valence-corrected chi connectivity index (χ4v) is 2.31. The molecule has 120 valence electrons. The van der Waals surface area contributed by atoms with E-state index in [1.54, 1.807) is 30.3 Å². The molecule has 2 amide bonds. The normalized spacial score (nSPS) is 10.2. The van der Waals surface area contributed by atoms with Gasteiger partial charge < -0.3 is 10.6 Å². The summed E-state index contributed by atoms with van der Waals surface area (Å²) in [6.07, 6.45) is -0.101. The summed E-state index contributed by atoms with van der Waals surface area (Å²) in [6.45, 7) is 1.78. The summed E-state index contributed by atoms with van der Waals surface area (Å²) in [6, 6.07) is 11.5. The molecule has 2 N–H and O–H groups in total. The largest absolute Gasteiger partial charge is 0.347 e. The Morgan fingerprint density at radius 3 is 2.57 bits per heavy atom.